The van der Waals surface area contributed by atoms with Gasteiger partial charge in [-0.15, -0.1) is 0 Å². The fourth-order valence-electron chi connectivity index (χ4n) is 4.28. The number of allylic oxidation sites excluding steroid dienone is 2. The van der Waals surface area contributed by atoms with Gasteiger partial charge in [0.2, 0.25) is 10.0 Å². The zero-order chi connectivity index (χ0) is 19.7. The summed E-state index contributed by atoms with van der Waals surface area (Å²) in [5.41, 5.74) is 0.462. The van der Waals surface area contributed by atoms with E-state index in [1.807, 2.05) is 0 Å². The monoisotopic (exact) mass is 404 g/mol. The zero-order valence-electron chi connectivity index (χ0n) is 15.5. The molecular formula is C20H24N2O5S. The average molecular weight is 404 g/mol. The van der Waals surface area contributed by atoms with Crippen molar-refractivity contribution in [2.75, 3.05) is 25.0 Å². The third-order valence-corrected chi connectivity index (χ3v) is 7.68. The van der Waals surface area contributed by atoms with Gasteiger partial charge >= 0.3 is 5.97 Å². The van der Waals surface area contributed by atoms with Crippen molar-refractivity contribution in [3.05, 3.63) is 36.4 Å². The molecule has 0 radical (unpaired) electrons. The summed E-state index contributed by atoms with van der Waals surface area (Å²) >= 11 is 0. The molecule has 0 spiro atoms. The fraction of sp³-hybridized carbons (Fsp3) is 0.500. The Morgan fingerprint density at radius 1 is 1.07 bits per heavy atom. The maximum absolute atomic E-state index is 12.5. The first-order valence-corrected chi connectivity index (χ1v) is 11.1. The number of rotatable bonds is 6. The van der Waals surface area contributed by atoms with Crippen LogP contribution < -0.4 is 5.32 Å². The van der Waals surface area contributed by atoms with Crippen molar-refractivity contribution in [2.24, 2.45) is 17.8 Å². The maximum Gasteiger partial charge on any atom is 0.310 e. The Labute approximate surface area is 164 Å². The van der Waals surface area contributed by atoms with Gasteiger partial charge in [-0.3, -0.25) is 9.59 Å². The molecule has 2 aliphatic carbocycles. The van der Waals surface area contributed by atoms with Gasteiger partial charge in [0.25, 0.3) is 5.91 Å². The Balaban J connectivity index is 1.29. The number of carbonyl (C=O) groups excluding carboxylic acids is 2. The normalized spacial score (nSPS) is 26.5. The van der Waals surface area contributed by atoms with E-state index in [4.69, 9.17) is 4.74 Å². The van der Waals surface area contributed by atoms with Crippen LogP contribution in [0.4, 0.5) is 5.69 Å². The summed E-state index contributed by atoms with van der Waals surface area (Å²) in [7, 11) is -3.47. The summed E-state index contributed by atoms with van der Waals surface area (Å²) in [6.07, 6.45) is 7.77. The lowest BCUT2D eigenvalue weighted by molar-refractivity contribution is -0.152. The highest BCUT2D eigenvalue weighted by atomic mass is 32.2. The van der Waals surface area contributed by atoms with Crippen molar-refractivity contribution in [3.8, 4) is 0 Å². The van der Waals surface area contributed by atoms with Gasteiger partial charge in [-0.1, -0.05) is 12.2 Å². The Bertz CT molecular complexity index is 888. The Kier molecular flexibility index (Phi) is 5.25. The van der Waals surface area contributed by atoms with Gasteiger partial charge in [-0.25, -0.2) is 8.42 Å². The van der Waals surface area contributed by atoms with Gasteiger partial charge in [-0.05, 0) is 61.8 Å². The van der Waals surface area contributed by atoms with Crippen molar-refractivity contribution >= 4 is 27.6 Å². The topological polar surface area (TPSA) is 92.8 Å². The number of amides is 1. The second-order valence-electron chi connectivity index (χ2n) is 7.68. The van der Waals surface area contributed by atoms with Crippen molar-refractivity contribution < 1.29 is 22.7 Å². The molecule has 1 saturated heterocycles. The zero-order valence-corrected chi connectivity index (χ0v) is 16.4. The molecule has 150 valence electrons. The second kappa shape index (κ2) is 7.67. The average Bonchev–Trinajstić information content (AvgIpc) is 3.44. The van der Waals surface area contributed by atoms with Gasteiger partial charge in [-0.2, -0.15) is 4.31 Å². The number of carbonyl (C=O) groups is 2. The van der Waals surface area contributed by atoms with E-state index in [1.165, 1.54) is 16.4 Å². The summed E-state index contributed by atoms with van der Waals surface area (Å²) in [6.45, 7) is 0.749. The highest BCUT2D eigenvalue weighted by molar-refractivity contribution is 7.89. The van der Waals surface area contributed by atoms with Crippen LogP contribution in [-0.2, 0) is 24.3 Å². The van der Waals surface area contributed by atoms with Gasteiger partial charge < -0.3 is 10.1 Å². The third-order valence-electron chi connectivity index (χ3n) is 5.77. The summed E-state index contributed by atoms with van der Waals surface area (Å²) in [5, 5.41) is 2.63. The minimum Gasteiger partial charge on any atom is -0.455 e. The number of ether oxygens (including phenoxy) is 1. The molecule has 0 aromatic heterocycles. The van der Waals surface area contributed by atoms with Crippen LogP contribution in [0.3, 0.4) is 0 Å². The predicted molar refractivity (Wildman–Crippen MR) is 103 cm³/mol. The standard InChI is InChI=1S/C20H24N2O5S/c23-19(13-27-20(24)18-12-14-3-4-15(18)11-14)21-16-5-7-17(8-6-16)28(25,26)22-9-1-2-10-22/h3-8,14-15,18H,1-2,9-13H2,(H,21,23)/t14-,15+,18+/m1/s1. The van der Waals surface area contributed by atoms with E-state index in [9.17, 15) is 18.0 Å². The van der Waals surface area contributed by atoms with Crippen LogP contribution in [-0.4, -0.2) is 44.3 Å². The molecular weight excluding hydrogens is 380 g/mol. The molecule has 0 unspecified atom stereocenters. The van der Waals surface area contributed by atoms with Gasteiger partial charge in [0, 0.05) is 18.8 Å². The van der Waals surface area contributed by atoms with E-state index in [2.05, 4.69) is 17.5 Å². The number of benzene rings is 1. The molecule has 7 nitrogen and oxygen atoms in total. The van der Waals surface area contributed by atoms with E-state index < -0.39 is 15.9 Å². The number of hydrogen-bond acceptors (Lipinski definition) is 5. The third kappa shape index (κ3) is 3.84. The van der Waals surface area contributed by atoms with Crippen LogP contribution in [0, 0.1) is 17.8 Å². The van der Waals surface area contributed by atoms with Crippen molar-refractivity contribution in [1.82, 2.24) is 4.31 Å². The lowest BCUT2D eigenvalue weighted by atomic mass is 9.94. The Morgan fingerprint density at radius 2 is 1.79 bits per heavy atom. The summed E-state index contributed by atoms with van der Waals surface area (Å²) in [4.78, 5) is 24.4. The van der Waals surface area contributed by atoms with Crippen molar-refractivity contribution in [3.63, 3.8) is 0 Å². The molecule has 8 heteroatoms. The molecule has 1 aliphatic heterocycles. The van der Waals surface area contributed by atoms with E-state index in [-0.39, 0.29) is 29.3 Å². The Hall–Kier alpha value is -2.19. The van der Waals surface area contributed by atoms with E-state index in [0.29, 0.717) is 24.7 Å². The quantitative estimate of drug-likeness (QED) is 0.579. The van der Waals surface area contributed by atoms with Crippen LogP contribution in [0.1, 0.15) is 25.7 Å². The first kappa shape index (κ1) is 19.1. The minimum atomic E-state index is -3.47. The lowest BCUT2D eigenvalue weighted by Crippen LogP contribution is -2.28. The number of sulfonamides is 1. The SMILES string of the molecule is O=C(COC(=O)[C@H]1C[C@@H]2C=C[C@H]1C2)Nc1ccc(S(=O)(=O)N2CCCC2)cc1. The molecule has 3 aliphatic rings. The molecule has 1 amide bonds. The number of hydrogen-bond donors (Lipinski definition) is 1. The summed E-state index contributed by atoms with van der Waals surface area (Å²) in [6, 6.07) is 6.06. The fourth-order valence-corrected chi connectivity index (χ4v) is 5.80. The van der Waals surface area contributed by atoms with Gasteiger partial charge in [0.15, 0.2) is 6.61 Å². The van der Waals surface area contributed by atoms with Crippen LogP contribution in [0.25, 0.3) is 0 Å². The minimum absolute atomic E-state index is 0.141. The second-order valence-corrected chi connectivity index (χ2v) is 9.62. The predicted octanol–water partition coefficient (Wildman–Crippen LogP) is 2.17. The molecule has 1 N–H and O–H groups in total. The maximum atomic E-state index is 12.5. The number of anilines is 1. The molecule has 28 heavy (non-hydrogen) atoms. The van der Waals surface area contributed by atoms with E-state index in [1.54, 1.807) is 12.1 Å². The molecule has 4 rings (SSSR count). The lowest BCUT2D eigenvalue weighted by Gasteiger charge is -2.17. The van der Waals surface area contributed by atoms with Crippen LogP contribution >= 0.6 is 0 Å². The first-order chi connectivity index (χ1) is 13.4. The van der Waals surface area contributed by atoms with Crippen LogP contribution in [0.5, 0.6) is 0 Å². The molecule has 2 bridgehead atoms. The van der Waals surface area contributed by atoms with Crippen LogP contribution in [0.2, 0.25) is 0 Å². The summed E-state index contributed by atoms with van der Waals surface area (Å²) in [5.74, 6) is -0.198. The van der Waals surface area contributed by atoms with Gasteiger partial charge in [0.1, 0.15) is 0 Å². The highest BCUT2D eigenvalue weighted by Crippen LogP contribution is 2.43. The molecule has 1 aromatic rings. The molecule has 3 atom stereocenters. The van der Waals surface area contributed by atoms with E-state index >= 15 is 0 Å². The molecule has 2 fully saturated rings. The van der Waals surface area contributed by atoms with Crippen molar-refractivity contribution in [2.45, 2.75) is 30.6 Å². The van der Waals surface area contributed by atoms with Crippen LogP contribution in [0.15, 0.2) is 41.3 Å². The summed E-state index contributed by atoms with van der Waals surface area (Å²) < 4.78 is 31.7. The molecule has 1 saturated carbocycles. The largest absolute Gasteiger partial charge is 0.455 e. The molecule has 1 aromatic carbocycles. The number of esters is 1. The smallest absolute Gasteiger partial charge is 0.310 e. The number of fused-ring (bicyclic) bond motifs is 2. The Morgan fingerprint density at radius 3 is 2.39 bits per heavy atom. The van der Waals surface area contributed by atoms with E-state index in [0.717, 1.165) is 25.7 Å². The van der Waals surface area contributed by atoms with Crippen molar-refractivity contribution in [1.29, 1.82) is 0 Å². The molecule has 1 heterocycles. The first-order valence-electron chi connectivity index (χ1n) is 9.68. The number of nitrogens with one attached hydrogen (secondary N) is 1. The van der Waals surface area contributed by atoms with Gasteiger partial charge in [0.05, 0.1) is 10.8 Å². The number of nitrogens with zero attached hydrogens (tertiary/aromatic N) is 1. The highest BCUT2D eigenvalue weighted by Gasteiger charge is 2.40.